The molecule has 4 aromatic rings. The third-order valence-corrected chi connectivity index (χ3v) is 5.52. The highest BCUT2D eigenvalue weighted by atomic mass is 16.3. The molecule has 2 heterocycles. The number of aromatic hydroxyl groups is 1. The van der Waals surface area contributed by atoms with E-state index in [1.165, 1.54) is 0 Å². The maximum atomic E-state index is 10.3. The molecular weight excluding hydrogens is 388 g/mol. The molecule has 7 nitrogen and oxygen atoms in total. The molecule has 0 aliphatic rings. The lowest BCUT2D eigenvalue weighted by atomic mass is 10.0. The predicted molar refractivity (Wildman–Crippen MR) is 125 cm³/mol. The van der Waals surface area contributed by atoms with Gasteiger partial charge in [0.05, 0.1) is 17.0 Å². The van der Waals surface area contributed by atoms with Crippen molar-refractivity contribution in [2.24, 2.45) is 5.73 Å². The smallest absolute Gasteiger partial charge is 0.235 e. The van der Waals surface area contributed by atoms with Crippen molar-refractivity contribution in [1.82, 2.24) is 19.3 Å². The van der Waals surface area contributed by atoms with Crippen LogP contribution in [0.1, 0.15) is 37.9 Å². The first-order chi connectivity index (χ1) is 14.8. The minimum atomic E-state index is 0.281. The van der Waals surface area contributed by atoms with Crippen LogP contribution in [0.5, 0.6) is 5.75 Å². The SMILES string of the molecule is C=C(N)Nc1nnc(-c2cc(CC)c(O)cc2C)n1-c1cccc2c1ccn2C(C)C. The van der Waals surface area contributed by atoms with Crippen molar-refractivity contribution in [3.63, 3.8) is 0 Å². The minimum absolute atomic E-state index is 0.281. The van der Waals surface area contributed by atoms with Crippen molar-refractivity contribution in [3.8, 4) is 22.8 Å². The van der Waals surface area contributed by atoms with E-state index in [0.29, 0.717) is 30.0 Å². The molecule has 2 aromatic heterocycles. The molecule has 7 heteroatoms. The summed E-state index contributed by atoms with van der Waals surface area (Å²) in [4.78, 5) is 0. The second-order valence-corrected chi connectivity index (χ2v) is 8.01. The van der Waals surface area contributed by atoms with Gasteiger partial charge in [-0.15, -0.1) is 10.2 Å². The summed E-state index contributed by atoms with van der Waals surface area (Å²) in [6.45, 7) is 12.1. The van der Waals surface area contributed by atoms with E-state index in [9.17, 15) is 5.11 Å². The Labute approximate surface area is 181 Å². The molecule has 0 radical (unpaired) electrons. The van der Waals surface area contributed by atoms with Gasteiger partial charge in [-0.25, -0.2) is 0 Å². The third kappa shape index (κ3) is 3.52. The molecule has 0 amide bonds. The molecule has 0 spiro atoms. The highest BCUT2D eigenvalue weighted by Crippen LogP contribution is 2.35. The number of nitrogens with one attached hydrogen (secondary N) is 1. The molecular formula is C24H28N6O. The van der Waals surface area contributed by atoms with Crippen molar-refractivity contribution < 1.29 is 5.11 Å². The number of anilines is 1. The van der Waals surface area contributed by atoms with E-state index in [2.05, 4.69) is 58.8 Å². The fraction of sp³-hybridized carbons (Fsp3) is 0.250. The van der Waals surface area contributed by atoms with Gasteiger partial charge in [-0.2, -0.15) is 0 Å². The van der Waals surface area contributed by atoms with Crippen LogP contribution < -0.4 is 11.1 Å². The van der Waals surface area contributed by atoms with Crippen molar-refractivity contribution >= 4 is 16.9 Å². The topological polar surface area (TPSA) is 93.9 Å². The highest BCUT2D eigenvalue weighted by molar-refractivity contribution is 5.90. The maximum Gasteiger partial charge on any atom is 0.235 e. The van der Waals surface area contributed by atoms with Crippen LogP contribution in [0.4, 0.5) is 5.95 Å². The van der Waals surface area contributed by atoms with E-state index in [1.807, 2.05) is 36.6 Å². The molecule has 4 N–H and O–H groups in total. The first-order valence-electron chi connectivity index (χ1n) is 10.4. The largest absolute Gasteiger partial charge is 0.508 e. The molecule has 0 aliphatic heterocycles. The number of hydrogen-bond donors (Lipinski definition) is 3. The Morgan fingerprint density at radius 1 is 1.23 bits per heavy atom. The molecule has 0 fully saturated rings. The van der Waals surface area contributed by atoms with Crippen molar-refractivity contribution in [2.75, 3.05) is 5.32 Å². The van der Waals surface area contributed by atoms with Crippen LogP contribution in [0.3, 0.4) is 0 Å². The van der Waals surface area contributed by atoms with Crippen molar-refractivity contribution in [2.45, 2.75) is 40.2 Å². The van der Waals surface area contributed by atoms with Gasteiger partial charge in [-0.3, -0.25) is 4.57 Å². The van der Waals surface area contributed by atoms with Crippen LogP contribution >= 0.6 is 0 Å². The van der Waals surface area contributed by atoms with Gasteiger partial charge in [-0.1, -0.05) is 19.6 Å². The molecule has 0 unspecified atom stereocenters. The summed E-state index contributed by atoms with van der Waals surface area (Å²) in [6, 6.07) is 12.4. The van der Waals surface area contributed by atoms with Gasteiger partial charge < -0.3 is 20.7 Å². The van der Waals surface area contributed by atoms with E-state index in [-0.39, 0.29) is 5.82 Å². The number of aromatic nitrogens is 4. The second kappa shape index (κ2) is 7.83. The van der Waals surface area contributed by atoms with Gasteiger partial charge in [0.15, 0.2) is 5.82 Å². The zero-order valence-corrected chi connectivity index (χ0v) is 18.3. The normalized spacial score (nSPS) is 11.4. The van der Waals surface area contributed by atoms with E-state index in [1.54, 1.807) is 6.07 Å². The van der Waals surface area contributed by atoms with Crippen molar-refractivity contribution in [3.05, 3.63) is 66.1 Å². The summed E-state index contributed by atoms with van der Waals surface area (Å²) in [5.41, 5.74) is 10.6. The Morgan fingerprint density at radius 2 is 2.00 bits per heavy atom. The maximum absolute atomic E-state index is 10.3. The molecule has 0 saturated heterocycles. The fourth-order valence-corrected chi connectivity index (χ4v) is 3.99. The predicted octanol–water partition coefficient (Wildman–Crippen LogP) is 4.89. The van der Waals surface area contributed by atoms with Crippen LogP contribution in [0.25, 0.3) is 28.0 Å². The Morgan fingerprint density at radius 3 is 2.68 bits per heavy atom. The average Bonchev–Trinajstić information content (AvgIpc) is 3.32. The van der Waals surface area contributed by atoms with Crippen LogP contribution in [0.2, 0.25) is 0 Å². The summed E-state index contributed by atoms with van der Waals surface area (Å²) < 4.78 is 4.20. The number of fused-ring (bicyclic) bond motifs is 1. The van der Waals surface area contributed by atoms with Gasteiger partial charge in [-0.05, 0) is 68.7 Å². The monoisotopic (exact) mass is 416 g/mol. The lowest BCUT2D eigenvalue weighted by Crippen LogP contribution is -2.12. The van der Waals surface area contributed by atoms with Crippen LogP contribution in [-0.4, -0.2) is 24.4 Å². The molecule has 0 bridgehead atoms. The van der Waals surface area contributed by atoms with Gasteiger partial charge in [0.1, 0.15) is 5.75 Å². The van der Waals surface area contributed by atoms with E-state index < -0.39 is 0 Å². The Balaban J connectivity index is 2.02. The number of phenolic OH excluding ortho intramolecular Hbond substituents is 1. The highest BCUT2D eigenvalue weighted by Gasteiger charge is 2.21. The molecule has 2 aromatic carbocycles. The van der Waals surface area contributed by atoms with E-state index in [0.717, 1.165) is 33.3 Å². The quantitative estimate of drug-likeness (QED) is 0.416. The van der Waals surface area contributed by atoms with Gasteiger partial charge in [0, 0.05) is 23.2 Å². The van der Waals surface area contributed by atoms with Crippen molar-refractivity contribution in [1.29, 1.82) is 0 Å². The fourth-order valence-electron chi connectivity index (χ4n) is 3.99. The number of benzene rings is 2. The summed E-state index contributed by atoms with van der Waals surface area (Å²) in [5, 5.41) is 23.3. The van der Waals surface area contributed by atoms with Crippen LogP contribution in [0.15, 0.2) is 55.0 Å². The number of nitrogens with zero attached hydrogens (tertiary/aromatic N) is 4. The number of phenols is 1. The molecule has 0 atom stereocenters. The number of aryl methyl sites for hydroxylation is 2. The summed E-state index contributed by atoms with van der Waals surface area (Å²) in [6.07, 6.45) is 2.81. The number of rotatable bonds is 6. The Kier molecular flexibility index (Phi) is 5.19. The summed E-state index contributed by atoms with van der Waals surface area (Å²) >= 11 is 0. The summed E-state index contributed by atoms with van der Waals surface area (Å²) in [5.74, 6) is 1.72. The first-order valence-corrected chi connectivity index (χ1v) is 10.4. The Bertz CT molecular complexity index is 1280. The van der Waals surface area contributed by atoms with Gasteiger partial charge in [0.2, 0.25) is 5.95 Å². The minimum Gasteiger partial charge on any atom is -0.508 e. The third-order valence-electron chi connectivity index (χ3n) is 5.52. The molecule has 4 rings (SSSR count). The molecule has 160 valence electrons. The zero-order chi connectivity index (χ0) is 22.3. The zero-order valence-electron chi connectivity index (χ0n) is 18.3. The van der Waals surface area contributed by atoms with Crippen LogP contribution in [-0.2, 0) is 6.42 Å². The lowest BCUT2D eigenvalue weighted by molar-refractivity contribution is 0.468. The molecule has 31 heavy (non-hydrogen) atoms. The van der Waals surface area contributed by atoms with E-state index in [4.69, 9.17) is 5.73 Å². The molecule has 0 aliphatic carbocycles. The summed E-state index contributed by atoms with van der Waals surface area (Å²) in [7, 11) is 0. The Hall–Kier alpha value is -3.74. The number of hydrogen-bond acceptors (Lipinski definition) is 5. The van der Waals surface area contributed by atoms with E-state index >= 15 is 0 Å². The van der Waals surface area contributed by atoms with Crippen LogP contribution in [0, 0.1) is 6.92 Å². The number of nitrogens with two attached hydrogens (primary N) is 1. The molecule has 0 saturated carbocycles. The standard InChI is InChI=1S/C24H28N6O/c1-6-17-13-19(15(4)12-22(17)31)23-27-28-24(26-16(5)25)30(23)21-9-7-8-20-18(21)10-11-29(20)14(2)3/h7-14,31H,5-6,25H2,1-4H3,(H,26,28). The first kappa shape index (κ1) is 20.5. The van der Waals surface area contributed by atoms with Gasteiger partial charge in [0.25, 0.3) is 0 Å². The van der Waals surface area contributed by atoms with Gasteiger partial charge >= 0.3 is 0 Å². The second-order valence-electron chi connectivity index (χ2n) is 8.01. The average molecular weight is 417 g/mol. The lowest BCUT2D eigenvalue weighted by Gasteiger charge is -2.16.